The zero-order valence-electron chi connectivity index (χ0n) is 15.3. The molecule has 3 aromatic heterocycles. The zero-order valence-corrected chi connectivity index (χ0v) is 16.1. The normalized spacial score (nSPS) is 10.9. The van der Waals surface area contributed by atoms with E-state index in [0.29, 0.717) is 5.56 Å². The molecule has 0 unspecified atom stereocenters. The van der Waals surface area contributed by atoms with Crippen molar-refractivity contribution in [3.63, 3.8) is 0 Å². The second-order valence-electron chi connectivity index (χ2n) is 6.29. The maximum absolute atomic E-state index is 11.6. The third-order valence-electron chi connectivity index (χ3n) is 4.31. The van der Waals surface area contributed by atoms with Crippen molar-refractivity contribution >= 4 is 33.7 Å². The topological polar surface area (TPSA) is 71.3 Å². The Hall–Kier alpha value is -3.19. The smallest absolute Gasteiger partial charge is 0.251 e. The molecule has 0 aliphatic carbocycles. The predicted molar refractivity (Wildman–Crippen MR) is 109 cm³/mol. The van der Waals surface area contributed by atoms with Gasteiger partial charge in [-0.05, 0) is 49.7 Å². The van der Waals surface area contributed by atoms with Crippen LogP contribution in [0.25, 0.3) is 16.2 Å². The molecule has 0 bridgehead atoms. The van der Waals surface area contributed by atoms with Crippen LogP contribution in [0.2, 0.25) is 0 Å². The number of hydrogen-bond donors (Lipinski definition) is 2. The molecule has 1 amide bonds. The number of nitrogens with zero attached hydrogens (tertiary/aromatic N) is 3. The average molecular weight is 377 g/mol. The molecule has 4 aromatic rings. The molecule has 0 aliphatic heterocycles. The number of aryl methyl sites for hydroxylation is 2. The number of aromatic nitrogens is 3. The molecule has 0 atom stereocenters. The number of fused-ring (bicyclic) bond motifs is 1. The van der Waals surface area contributed by atoms with Crippen molar-refractivity contribution in [1.29, 1.82) is 0 Å². The molecule has 0 saturated carbocycles. The molecule has 0 spiro atoms. The number of imidazole rings is 1. The van der Waals surface area contributed by atoms with E-state index in [2.05, 4.69) is 44.2 Å². The summed E-state index contributed by atoms with van der Waals surface area (Å²) in [5.74, 6) is -0.100. The first kappa shape index (κ1) is 17.2. The first-order valence-electron chi connectivity index (χ1n) is 8.56. The summed E-state index contributed by atoms with van der Waals surface area (Å²) < 4.78 is 2.11. The van der Waals surface area contributed by atoms with E-state index in [1.807, 2.05) is 31.3 Å². The number of amides is 1. The summed E-state index contributed by atoms with van der Waals surface area (Å²) in [6.45, 7) is 4.09. The van der Waals surface area contributed by atoms with Gasteiger partial charge < -0.3 is 10.6 Å². The second-order valence-corrected chi connectivity index (χ2v) is 7.32. The van der Waals surface area contributed by atoms with Crippen molar-refractivity contribution < 1.29 is 4.79 Å². The Balaban J connectivity index is 1.62. The molecular formula is C20H19N5OS. The molecule has 3 heterocycles. The zero-order chi connectivity index (χ0) is 19.0. The van der Waals surface area contributed by atoms with Gasteiger partial charge in [-0.1, -0.05) is 17.4 Å². The predicted octanol–water partition coefficient (Wildman–Crippen LogP) is 4.18. The van der Waals surface area contributed by atoms with Crippen molar-refractivity contribution in [2.45, 2.75) is 13.8 Å². The van der Waals surface area contributed by atoms with Gasteiger partial charge in [-0.2, -0.15) is 0 Å². The van der Waals surface area contributed by atoms with Gasteiger partial charge in [-0.25, -0.2) is 9.97 Å². The van der Waals surface area contributed by atoms with Crippen molar-refractivity contribution in [3.8, 4) is 10.6 Å². The van der Waals surface area contributed by atoms with E-state index in [1.54, 1.807) is 30.5 Å². The van der Waals surface area contributed by atoms with Crippen LogP contribution in [-0.4, -0.2) is 27.3 Å². The van der Waals surface area contributed by atoms with Crippen LogP contribution in [0.5, 0.6) is 0 Å². The van der Waals surface area contributed by atoms with Gasteiger partial charge in [0.05, 0.1) is 16.3 Å². The number of carbonyl (C=O) groups is 1. The number of nitrogens with one attached hydrogen (secondary N) is 2. The lowest BCUT2D eigenvalue weighted by Crippen LogP contribution is -2.17. The molecule has 0 radical (unpaired) electrons. The number of rotatable bonds is 4. The Labute approximate surface area is 160 Å². The van der Waals surface area contributed by atoms with Gasteiger partial charge >= 0.3 is 0 Å². The van der Waals surface area contributed by atoms with Crippen molar-refractivity contribution in [2.24, 2.45) is 0 Å². The Morgan fingerprint density at radius 1 is 1.11 bits per heavy atom. The number of hydrogen-bond acceptors (Lipinski definition) is 5. The highest BCUT2D eigenvalue weighted by Gasteiger charge is 2.14. The number of benzene rings is 1. The quantitative estimate of drug-likeness (QED) is 0.560. The van der Waals surface area contributed by atoms with Gasteiger partial charge in [0.1, 0.15) is 5.65 Å². The maximum atomic E-state index is 11.6. The van der Waals surface area contributed by atoms with E-state index in [4.69, 9.17) is 0 Å². The summed E-state index contributed by atoms with van der Waals surface area (Å²) in [6.07, 6.45) is 3.96. The van der Waals surface area contributed by atoms with Crippen LogP contribution >= 0.6 is 11.3 Å². The van der Waals surface area contributed by atoms with Gasteiger partial charge in [0.15, 0.2) is 5.13 Å². The van der Waals surface area contributed by atoms with E-state index in [9.17, 15) is 4.79 Å². The van der Waals surface area contributed by atoms with Crippen LogP contribution in [0.3, 0.4) is 0 Å². The maximum Gasteiger partial charge on any atom is 0.251 e. The van der Waals surface area contributed by atoms with Gasteiger partial charge in [-0.15, -0.1) is 0 Å². The van der Waals surface area contributed by atoms with E-state index < -0.39 is 0 Å². The SMILES string of the molecule is CNC(=O)c1ccc(Nc2ncc(-c3c(C)nc4ccc(C)cn34)s2)cc1. The summed E-state index contributed by atoms with van der Waals surface area (Å²) >= 11 is 1.57. The molecule has 1 aromatic carbocycles. The van der Waals surface area contributed by atoms with Crippen molar-refractivity contribution in [1.82, 2.24) is 19.7 Å². The van der Waals surface area contributed by atoms with Crippen LogP contribution in [-0.2, 0) is 0 Å². The van der Waals surface area contributed by atoms with Gasteiger partial charge in [0, 0.05) is 30.7 Å². The first-order valence-corrected chi connectivity index (χ1v) is 9.37. The lowest BCUT2D eigenvalue weighted by Gasteiger charge is -2.04. The van der Waals surface area contributed by atoms with Crippen molar-refractivity contribution in [2.75, 3.05) is 12.4 Å². The number of anilines is 2. The molecule has 136 valence electrons. The fourth-order valence-electron chi connectivity index (χ4n) is 2.98. The second kappa shape index (κ2) is 6.85. The summed E-state index contributed by atoms with van der Waals surface area (Å²) in [7, 11) is 1.62. The Morgan fingerprint density at radius 3 is 2.63 bits per heavy atom. The molecular weight excluding hydrogens is 358 g/mol. The highest BCUT2D eigenvalue weighted by molar-refractivity contribution is 7.18. The van der Waals surface area contributed by atoms with E-state index in [-0.39, 0.29) is 5.91 Å². The minimum absolute atomic E-state index is 0.100. The minimum atomic E-state index is -0.100. The number of pyridine rings is 1. The molecule has 7 heteroatoms. The molecule has 4 rings (SSSR count). The lowest BCUT2D eigenvalue weighted by molar-refractivity contribution is 0.0963. The van der Waals surface area contributed by atoms with Crippen LogP contribution < -0.4 is 10.6 Å². The van der Waals surface area contributed by atoms with Crippen LogP contribution in [0.4, 0.5) is 10.8 Å². The highest BCUT2D eigenvalue weighted by atomic mass is 32.1. The van der Waals surface area contributed by atoms with E-state index in [0.717, 1.165) is 32.7 Å². The Bertz CT molecular complexity index is 1130. The monoisotopic (exact) mass is 377 g/mol. The largest absolute Gasteiger partial charge is 0.355 e. The third kappa shape index (κ3) is 3.29. The highest BCUT2D eigenvalue weighted by Crippen LogP contribution is 2.33. The average Bonchev–Trinajstić information content (AvgIpc) is 3.24. The number of thiazole rings is 1. The summed E-state index contributed by atoms with van der Waals surface area (Å²) in [5, 5.41) is 6.70. The summed E-state index contributed by atoms with van der Waals surface area (Å²) in [5.41, 5.74) is 5.66. The first-order chi connectivity index (χ1) is 13.0. The molecule has 0 aliphatic rings. The van der Waals surface area contributed by atoms with Gasteiger partial charge in [-0.3, -0.25) is 9.20 Å². The van der Waals surface area contributed by atoms with E-state index in [1.165, 1.54) is 5.56 Å². The molecule has 6 nitrogen and oxygen atoms in total. The molecule has 2 N–H and O–H groups in total. The molecule has 0 fully saturated rings. The van der Waals surface area contributed by atoms with Gasteiger partial charge in [0.2, 0.25) is 0 Å². The minimum Gasteiger partial charge on any atom is -0.355 e. The number of carbonyl (C=O) groups excluding carboxylic acids is 1. The molecule has 27 heavy (non-hydrogen) atoms. The van der Waals surface area contributed by atoms with E-state index >= 15 is 0 Å². The Morgan fingerprint density at radius 2 is 1.89 bits per heavy atom. The van der Waals surface area contributed by atoms with Crippen LogP contribution in [0, 0.1) is 13.8 Å². The summed E-state index contributed by atoms with van der Waals surface area (Å²) in [6, 6.07) is 11.4. The lowest BCUT2D eigenvalue weighted by atomic mass is 10.2. The van der Waals surface area contributed by atoms with Crippen LogP contribution in [0.1, 0.15) is 21.6 Å². The Kier molecular flexibility index (Phi) is 4.37. The fourth-order valence-corrected chi connectivity index (χ4v) is 3.91. The van der Waals surface area contributed by atoms with Crippen LogP contribution in [0.15, 0.2) is 48.8 Å². The summed E-state index contributed by atoms with van der Waals surface area (Å²) in [4.78, 5) is 21.8. The third-order valence-corrected chi connectivity index (χ3v) is 5.22. The standard InChI is InChI=1S/C20H19N5OS/c1-12-4-9-17-23-13(2)18(25(17)11-12)16-10-22-20(27-16)24-15-7-5-14(6-8-15)19(26)21-3/h4-11H,1-3H3,(H,21,26)(H,22,24). The van der Waals surface area contributed by atoms with Crippen molar-refractivity contribution in [3.05, 3.63) is 65.6 Å². The fraction of sp³-hybridized carbons (Fsp3) is 0.150. The van der Waals surface area contributed by atoms with Gasteiger partial charge in [0.25, 0.3) is 5.91 Å². The molecule has 0 saturated heterocycles.